The lowest BCUT2D eigenvalue weighted by Crippen LogP contribution is -2.12. The van der Waals surface area contributed by atoms with Crippen molar-refractivity contribution in [3.8, 4) is 11.8 Å². The molecule has 1 aromatic carbocycles. The largest absolute Gasteiger partial charge is 0.328 e. The number of carbonyl (C=O) groups is 1. The number of rotatable bonds is 2. The molecule has 0 fully saturated rings. The smallest absolute Gasteiger partial charge is 0.320 e. The Morgan fingerprint density at radius 3 is 2.95 bits per heavy atom. The number of aryl methyl sites for hydroxylation is 1. The maximum absolute atomic E-state index is 13.7. The Morgan fingerprint density at radius 1 is 1.55 bits per heavy atom. The van der Waals surface area contributed by atoms with Crippen molar-refractivity contribution < 1.29 is 13.7 Å². The van der Waals surface area contributed by atoms with E-state index in [-0.39, 0.29) is 23.7 Å². The molecule has 3 N–H and O–H groups in total. The molecule has 0 atom stereocenters. The monoisotopic (exact) mass is 274 g/mol. The Balaban J connectivity index is 2.16. The fourth-order valence-corrected chi connectivity index (χ4v) is 1.42. The first-order chi connectivity index (χ1) is 9.60. The normalized spacial score (nSPS) is 9.75. The quantitative estimate of drug-likeness (QED) is 0.799. The van der Waals surface area contributed by atoms with Gasteiger partial charge in [0.25, 0.3) is 5.91 Å². The maximum Gasteiger partial charge on any atom is 0.328 e. The van der Waals surface area contributed by atoms with Crippen LogP contribution in [0.3, 0.4) is 0 Å². The van der Waals surface area contributed by atoms with Crippen molar-refractivity contribution in [1.29, 1.82) is 0 Å². The van der Waals surface area contributed by atoms with E-state index < -0.39 is 11.7 Å². The highest BCUT2D eigenvalue weighted by Crippen LogP contribution is 2.11. The van der Waals surface area contributed by atoms with Gasteiger partial charge in [0, 0.05) is 5.56 Å². The Morgan fingerprint density at radius 2 is 2.35 bits per heavy atom. The zero-order valence-corrected chi connectivity index (χ0v) is 10.6. The van der Waals surface area contributed by atoms with Crippen LogP contribution in [0.2, 0.25) is 0 Å². The first-order valence-corrected chi connectivity index (χ1v) is 5.70. The molecule has 0 spiro atoms. The summed E-state index contributed by atoms with van der Waals surface area (Å²) >= 11 is 0. The van der Waals surface area contributed by atoms with E-state index in [1.54, 1.807) is 6.92 Å². The summed E-state index contributed by atoms with van der Waals surface area (Å²) in [6, 6.07) is 3.90. The number of nitrogens with two attached hydrogens (primary N) is 1. The highest BCUT2D eigenvalue weighted by atomic mass is 19.1. The van der Waals surface area contributed by atoms with E-state index in [0.29, 0.717) is 5.82 Å². The second-order valence-corrected chi connectivity index (χ2v) is 3.80. The number of hydrogen-bond donors (Lipinski definition) is 2. The summed E-state index contributed by atoms with van der Waals surface area (Å²) in [6.45, 7) is 1.75. The fourth-order valence-electron chi connectivity index (χ4n) is 1.42. The summed E-state index contributed by atoms with van der Waals surface area (Å²) in [5.74, 6) is 4.35. The molecule has 20 heavy (non-hydrogen) atoms. The summed E-state index contributed by atoms with van der Waals surface area (Å²) in [5.41, 5.74) is 5.51. The van der Waals surface area contributed by atoms with Crippen molar-refractivity contribution >= 4 is 11.9 Å². The molecule has 1 amide bonds. The van der Waals surface area contributed by atoms with E-state index in [9.17, 15) is 9.18 Å². The van der Waals surface area contributed by atoms with Crippen molar-refractivity contribution in [3.63, 3.8) is 0 Å². The third-order valence-corrected chi connectivity index (χ3v) is 2.30. The molecule has 7 heteroatoms. The first kappa shape index (κ1) is 13.7. The minimum atomic E-state index is -0.597. The summed E-state index contributed by atoms with van der Waals surface area (Å²) in [5, 5.41) is 5.89. The fraction of sp³-hybridized carbons (Fsp3) is 0.154. The van der Waals surface area contributed by atoms with Crippen molar-refractivity contribution in [2.45, 2.75) is 6.92 Å². The first-order valence-electron chi connectivity index (χ1n) is 5.70. The van der Waals surface area contributed by atoms with Gasteiger partial charge in [0.1, 0.15) is 5.82 Å². The molecule has 1 aromatic heterocycles. The van der Waals surface area contributed by atoms with Crippen LogP contribution in [-0.4, -0.2) is 22.6 Å². The van der Waals surface area contributed by atoms with Crippen molar-refractivity contribution in [1.82, 2.24) is 10.1 Å². The molecule has 0 saturated carbocycles. The number of benzene rings is 1. The molecular formula is C13H11FN4O2. The number of carbonyl (C=O) groups excluding carboxylic acids is 1. The van der Waals surface area contributed by atoms with E-state index >= 15 is 0 Å². The Hall–Kier alpha value is -2.72. The van der Waals surface area contributed by atoms with Crippen molar-refractivity contribution in [3.05, 3.63) is 41.0 Å². The molecule has 0 aliphatic heterocycles. The maximum atomic E-state index is 13.7. The van der Waals surface area contributed by atoms with E-state index in [1.807, 2.05) is 0 Å². The Kier molecular flexibility index (Phi) is 4.08. The van der Waals surface area contributed by atoms with Gasteiger partial charge in [-0.15, -0.1) is 0 Å². The Labute approximate surface area is 114 Å². The number of anilines is 1. The second-order valence-electron chi connectivity index (χ2n) is 3.80. The lowest BCUT2D eigenvalue weighted by atomic mass is 10.1. The summed E-state index contributed by atoms with van der Waals surface area (Å²) < 4.78 is 18.4. The van der Waals surface area contributed by atoms with Gasteiger partial charge < -0.3 is 10.3 Å². The molecule has 0 bridgehead atoms. The van der Waals surface area contributed by atoms with Crippen LogP contribution in [0, 0.1) is 24.6 Å². The van der Waals surface area contributed by atoms with Gasteiger partial charge in [0.2, 0.25) is 0 Å². The number of nitrogens with zero attached hydrogens (tertiary/aromatic N) is 2. The predicted molar refractivity (Wildman–Crippen MR) is 69.3 cm³/mol. The molecule has 102 valence electrons. The molecule has 1 heterocycles. The van der Waals surface area contributed by atoms with E-state index in [1.165, 1.54) is 12.1 Å². The average molecular weight is 274 g/mol. The van der Waals surface area contributed by atoms with Gasteiger partial charge in [0.15, 0.2) is 5.82 Å². The van der Waals surface area contributed by atoms with Gasteiger partial charge >= 0.3 is 6.01 Å². The van der Waals surface area contributed by atoms with Crippen LogP contribution in [-0.2, 0) is 0 Å². The number of hydrogen-bond acceptors (Lipinski definition) is 5. The topological polar surface area (TPSA) is 94.0 Å². The molecule has 0 saturated heterocycles. The van der Waals surface area contributed by atoms with E-state index in [0.717, 1.165) is 6.07 Å². The third kappa shape index (κ3) is 3.18. The molecule has 0 unspecified atom stereocenters. The summed E-state index contributed by atoms with van der Waals surface area (Å²) in [6.07, 6.45) is 0. The van der Waals surface area contributed by atoms with Crippen LogP contribution in [0.4, 0.5) is 10.4 Å². The van der Waals surface area contributed by atoms with Gasteiger partial charge in [-0.1, -0.05) is 17.0 Å². The third-order valence-electron chi connectivity index (χ3n) is 2.30. The molecule has 0 aliphatic carbocycles. The molecule has 0 radical (unpaired) electrons. The zero-order chi connectivity index (χ0) is 14.5. The van der Waals surface area contributed by atoms with Crippen LogP contribution in [0.25, 0.3) is 0 Å². The summed E-state index contributed by atoms with van der Waals surface area (Å²) in [7, 11) is 0. The van der Waals surface area contributed by atoms with Crippen LogP contribution < -0.4 is 11.1 Å². The molecule has 0 aliphatic rings. The Bertz CT molecular complexity index is 700. The van der Waals surface area contributed by atoms with Crippen LogP contribution in [0.5, 0.6) is 0 Å². The minimum absolute atomic E-state index is 0.0418. The SMILES string of the molecule is Cc1noc(NC(=O)c2ccc(C#CCN)c(F)c2)n1. The predicted octanol–water partition coefficient (Wildman–Crippen LogP) is 1.08. The van der Waals surface area contributed by atoms with Gasteiger partial charge in [-0.2, -0.15) is 4.98 Å². The molecule has 6 nitrogen and oxygen atoms in total. The number of amides is 1. The van der Waals surface area contributed by atoms with Gasteiger partial charge in [0.05, 0.1) is 12.1 Å². The number of nitrogens with one attached hydrogen (secondary N) is 1. The van der Waals surface area contributed by atoms with Gasteiger partial charge in [-0.05, 0) is 25.1 Å². The minimum Gasteiger partial charge on any atom is -0.320 e. The molecule has 2 aromatic rings. The number of aromatic nitrogens is 2. The highest BCUT2D eigenvalue weighted by Gasteiger charge is 2.12. The molecular weight excluding hydrogens is 263 g/mol. The molecule has 2 rings (SSSR count). The lowest BCUT2D eigenvalue weighted by Gasteiger charge is -2.01. The lowest BCUT2D eigenvalue weighted by molar-refractivity contribution is 0.102. The van der Waals surface area contributed by atoms with Crippen LogP contribution in [0.15, 0.2) is 22.7 Å². The number of halogens is 1. The second kappa shape index (κ2) is 5.95. The van der Waals surface area contributed by atoms with Gasteiger partial charge in [-0.3, -0.25) is 10.1 Å². The van der Waals surface area contributed by atoms with E-state index in [2.05, 4.69) is 27.3 Å². The van der Waals surface area contributed by atoms with Crippen molar-refractivity contribution in [2.75, 3.05) is 11.9 Å². The summed E-state index contributed by atoms with van der Waals surface area (Å²) in [4.78, 5) is 15.7. The van der Waals surface area contributed by atoms with Gasteiger partial charge in [-0.25, -0.2) is 4.39 Å². The standard InChI is InChI=1S/C13H11FN4O2/c1-8-16-13(20-18-8)17-12(19)10-5-4-9(3-2-6-15)11(14)7-10/h4-5,7H,6,15H2,1H3,(H,16,17,18,19). The average Bonchev–Trinajstić information content (AvgIpc) is 2.82. The van der Waals surface area contributed by atoms with Crippen molar-refractivity contribution in [2.24, 2.45) is 5.73 Å². The zero-order valence-electron chi connectivity index (χ0n) is 10.6. The van der Waals surface area contributed by atoms with E-state index in [4.69, 9.17) is 10.3 Å². The highest BCUT2D eigenvalue weighted by molar-refractivity contribution is 6.03. The van der Waals surface area contributed by atoms with Crippen LogP contribution >= 0.6 is 0 Å². The van der Waals surface area contributed by atoms with Crippen LogP contribution in [0.1, 0.15) is 21.7 Å².